The fourth-order valence-corrected chi connectivity index (χ4v) is 4.73. The lowest BCUT2D eigenvalue weighted by atomic mass is 9.95. The molecule has 1 aliphatic rings. The van der Waals surface area contributed by atoms with E-state index in [1.807, 2.05) is 48.7 Å². The normalized spacial score (nSPS) is 13.5. The average molecular weight is 395 g/mol. The van der Waals surface area contributed by atoms with Crippen LogP contribution in [0.2, 0.25) is 5.02 Å². The number of nitrogens with one attached hydrogen (secondary N) is 1. The second-order valence-electron chi connectivity index (χ2n) is 6.52. The Labute approximate surface area is 167 Å². The zero-order valence-electron chi connectivity index (χ0n) is 14.7. The van der Waals surface area contributed by atoms with Gasteiger partial charge in [0.25, 0.3) is 5.91 Å². The summed E-state index contributed by atoms with van der Waals surface area (Å²) in [5.74, 6) is -0.114. The molecule has 0 bridgehead atoms. The Kier molecular flexibility index (Phi) is 5.37. The van der Waals surface area contributed by atoms with Gasteiger partial charge in [0.15, 0.2) is 0 Å². The van der Waals surface area contributed by atoms with E-state index in [2.05, 4.69) is 10.3 Å². The Balaban J connectivity index is 1.68. The Morgan fingerprint density at radius 2 is 1.89 bits per heavy atom. The van der Waals surface area contributed by atoms with Gasteiger partial charge in [-0.2, -0.15) is 0 Å². The molecule has 2 aromatic carbocycles. The minimum absolute atomic E-state index is 0.114. The van der Waals surface area contributed by atoms with Crippen molar-refractivity contribution in [2.45, 2.75) is 25.7 Å². The van der Waals surface area contributed by atoms with E-state index in [4.69, 9.17) is 11.6 Å². The third-order valence-electron chi connectivity index (χ3n) is 4.59. The highest BCUT2D eigenvalue weighted by Gasteiger charge is 2.25. The second-order valence-corrected chi connectivity index (χ2v) is 8.04. The van der Waals surface area contributed by atoms with E-state index in [1.54, 1.807) is 23.5 Å². The molecule has 0 atom stereocenters. The fraction of sp³-hybridized carbons (Fsp3) is 0.182. The van der Waals surface area contributed by atoms with Crippen molar-refractivity contribution in [3.63, 3.8) is 0 Å². The molecule has 0 spiro atoms. The van der Waals surface area contributed by atoms with Gasteiger partial charge in [-0.25, -0.2) is 4.99 Å². The lowest BCUT2D eigenvalue weighted by Crippen LogP contribution is -2.14. The van der Waals surface area contributed by atoms with Crippen LogP contribution in [0.5, 0.6) is 0 Å². The molecule has 4 rings (SSSR count). The van der Waals surface area contributed by atoms with Gasteiger partial charge in [0.1, 0.15) is 5.00 Å². The van der Waals surface area contributed by atoms with Crippen LogP contribution < -0.4 is 5.32 Å². The molecule has 27 heavy (non-hydrogen) atoms. The summed E-state index contributed by atoms with van der Waals surface area (Å²) in [6, 6.07) is 17.2. The van der Waals surface area contributed by atoms with Crippen LogP contribution in [0.25, 0.3) is 0 Å². The molecule has 1 N–H and O–H groups in total. The van der Waals surface area contributed by atoms with Gasteiger partial charge in [-0.1, -0.05) is 48.0 Å². The van der Waals surface area contributed by atoms with Crippen LogP contribution >= 0.6 is 22.9 Å². The highest BCUT2D eigenvalue weighted by atomic mass is 35.5. The van der Waals surface area contributed by atoms with Gasteiger partial charge in [0, 0.05) is 21.8 Å². The van der Waals surface area contributed by atoms with Gasteiger partial charge in [-0.05, 0) is 55.0 Å². The van der Waals surface area contributed by atoms with Gasteiger partial charge in [0.05, 0.1) is 5.56 Å². The molecule has 0 aliphatic heterocycles. The van der Waals surface area contributed by atoms with E-state index in [0.717, 1.165) is 35.4 Å². The standard InChI is InChI=1S/C22H19ClN2OS/c23-16-9-6-10-17(13-16)25-21(26)20-18-11-4-5-12-19(18)27-22(20)24-14-15-7-2-1-3-8-15/h1-3,6-10,13-14H,4-5,11-12H2,(H,25,26)/b24-14+. The number of thiophene rings is 1. The summed E-state index contributed by atoms with van der Waals surface area (Å²) >= 11 is 7.68. The number of fused-ring (bicyclic) bond motifs is 1. The molecule has 0 unspecified atom stereocenters. The van der Waals surface area contributed by atoms with Crippen LogP contribution in [0.1, 0.15) is 39.2 Å². The molecule has 1 aliphatic carbocycles. The third kappa shape index (κ3) is 4.12. The van der Waals surface area contributed by atoms with Crippen LogP contribution in [0.3, 0.4) is 0 Å². The number of carbonyl (C=O) groups is 1. The zero-order valence-corrected chi connectivity index (χ0v) is 16.3. The van der Waals surface area contributed by atoms with Crippen molar-refractivity contribution in [1.82, 2.24) is 0 Å². The molecule has 0 saturated carbocycles. The van der Waals surface area contributed by atoms with Gasteiger partial charge in [0.2, 0.25) is 0 Å². The topological polar surface area (TPSA) is 41.5 Å². The molecule has 0 saturated heterocycles. The smallest absolute Gasteiger partial charge is 0.259 e. The third-order valence-corrected chi connectivity index (χ3v) is 6.03. The van der Waals surface area contributed by atoms with Gasteiger partial charge in [-0.3, -0.25) is 4.79 Å². The maximum Gasteiger partial charge on any atom is 0.259 e. The molecule has 5 heteroatoms. The van der Waals surface area contributed by atoms with Crippen LogP contribution in [-0.4, -0.2) is 12.1 Å². The fourth-order valence-electron chi connectivity index (χ4n) is 3.31. The van der Waals surface area contributed by atoms with E-state index in [-0.39, 0.29) is 5.91 Å². The maximum absolute atomic E-state index is 13.1. The van der Waals surface area contributed by atoms with Gasteiger partial charge < -0.3 is 5.32 Å². The number of nitrogens with zero attached hydrogens (tertiary/aromatic N) is 1. The summed E-state index contributed by atoms with van der Waals surface area (Å²) in [7, 11) is 0. The summed E-state index contributed by atoms with van der Waals surface area (Å²) < 4.78 is 0. The Morgan fingerprint density at radius 3 is 2.70 bits per heavy atom. The number of anilines is 1. The van der Waals surface area contributed by atoms with Crippen molar-refractivity contribution in [2.75, 3.05) is 5.32 Å². The first-order valence-electron chi connectivity index (χ1n) is 9.01. The van der Waals surface area contributed by atoms with Crippen molar-refractivity contribution in [3.8, 4) is 0 Å². The first-order chi connectivity index (χ1) is 13.2. The SMILES string of the molecule is O=C(Nc1cccc(Cl)c1)c1c(/N=C/c2ccccc2)sc2c1CCCC2. The first-order valence-corrected chi connectivity index (χ1v) is 10.2. The van der Waals surface area contributed by atoms with Crippen molar-refractivity contribution in [2.24, 2.45) is 4.99 Å². The number of rotatable bonds is 4. The summed E-state index contributed by atoms with van der Waals surface area (Å²) in [6.07, 6.45) is 6.07. The van der Waals surface area contributed by atoms with Gasteiger partial charge >= 0.3 is 0 Å². The highest BCUT2D eigenvalue weighted by molar-refractivity contribution is 7.16. The highest BCUT2D eigenvalue weighted by Crippen LogP contribution is 2.40. The lowest BCUT2D eigenvalue weighted by Gasteiger charge is -2.13. The van der Waals surface area contributed by atoms with Crippen LogP contribution in [0.4, 0.5) is 10.7 Å². The molecule has 136 valence electrons. The van der Waals surface area contributed by atoms with Crippen molar-refractivity contribution >= 4 is 45.7 Å². The molecule has 0 radical (unpaired) electrons. The van der Waals surface area contributed by atoms with E-state index in [9.17, 15) is 4.79 Å². The predicted octanol–water partition coefficient (Wildman–Crippen LogP) is 6.28. The van der Waals surface area contributed by atoms with E-state index in [0.29, 0.717) is 16.3 Å². The number of carbonyl (C=O) groups excluding carboxylic acids is 1. The minimum Gasteiger partial charge on any atom is -0.322 e. The van der Waals surface area contributed by atoms with E-state index < -0.39 is 0 Å². The van der Waals surface area contributed by atoms with Crippen LogP contribution in [-0.2, 0) is 12.8 Å². The number of halogens is 1. The Bertz CT molecular complexity index is 995. The molecular weight excluding hydrogens is 376 g/mol. The van der Waals surface area contributed by atoms with E-state index in [1.165, 1.54) is 11.3 Å². The van der Waals surface area contributed by atoms with E-state index >= 15 is 0 Å². The maximum atomic E-state index is 13.1. The summed E-state index contributed by atoms with van der Waals surface area (Å²) in [6.45, 7) is 0. The monoisotopic (exact) mass is 394 g/mol. The van der Waals surface area contributed by atoms with Crippen molar-refractivity contribution in [1.29, 1.82) is 0 Å². The lowest BCUT2D eigenvalue weighted by molar-refractivity contribution is 0.102. The predicted molar refractivity (Wildman–Crippen MR) is 114 cm³/mol. The quantitative estimate of drug-likeness (QED) is 0.519. The number of aryl methyl sites for hydroxylation is 1. The van der Waals surface area contributed by atoms with Gasteiger partial charge in [-0.15, -0.1) is 11.3 Å². The molecule has 1 aromatic heterocycles. The average Bonchev–Trinajstić information content (AvgIpc) is 3.06. The largest absolute Gasteiger partial charge is 0.322 e. The number of amides is 1. The molecular formula is C22H19ClN2OS. The van der Waals surface area contributed by atoms with Crippen LogP contribution in [0.15, 0.2) is 59.6 Å². The zero-order chi connectivity index (χ0) is 18.6. The first kappa shape index (κ1) is 18.0. The molecule has 1 heterocycles. The Morgan fingerprint density at radius 1 is 1.07 bits per heavy atom. The number of aliphatic imine (C=N–C) groups is 1. The van der Waals surface area contributed by atoms with Crippen LogP contribution in [0, 0.1) is 0 Å². The number of benzene rings is 2. The summed E-state index contributed by atoms with van der Waals surface area (Å²) in [5.41, 5.74) is 3.58. The number of hydrogen-bond donors (Lipinski definition) is 1. The summed E-state index contributed by atoms with van der Waals surface area (Å²) in [4.78, 5) is 19.0. The minimum atomic E-state index is -0.114. The summed E-state index contributed by atoms with van der Waals surface area (Å²) in [5, 5.41) is 4.37. The Hall–Kier alpha value is -2.43. The van der Waals surface area contributed by atoms with Crippen molar-refractivity contribution in [3.05, 3.63) is 81.2 Å². The molecule has 0 fully saturated rings. The molecule has 3 nitrogen and oxygen atoms in total. The molecule has 3 aromatic rings. The molecule has 1 amide bonds. The van der Waals surface area contributed by atoms with Crippen molar-refractivity contribution < 1.29 is 4.79 Å². The number of hydrogen-bond acceptors (Lipinski definition) is 3. The second kappa shape index (κ2) is 8.07.